The average Bonchev–Trinajstić information content (AvgIpc) is 2.38. The van der Waals surface area contributed by atoms with Crippen molar-refractivity contribution in [3.05, 3.63) is 0 Å². The first-order valence-corrected chi connectivity index (χ1v) is 7.42. The fourth-order valence-electron chi connectivity index (χ4n) is 2.47. The van der Waals surface area contributed by atoms with Crippen LogP contribution in [0.1, 0.15) is 26.2 Å². The summed E-state index contributed by atoms with van der Waals surface area (Å²) in [6.07, 6.45) is 3.20. The average molecular weight is 259 g/mol. The van der Waals surface area contributed by atoms with Crippen molar-refractivity contribution in [3.63, 3.8) is 0 Å². The molecule has 0 radical (unpaired) electrons. The number of aliphatic hydroxyl groups excluding tert-OH is 1. The summed E-state index contributed by atoms with van der Waals surface area (Å²) in [7, 11) is 0. The van der Waals surface area contributed by atoms with Gasteiger partial charge in [0.15, 0.2) is 0 Å². The number of hydrogen-bond acceptors (Lipinski definition) is 4. The van der Waals surface area contributed by atoms with Crippen LogP contribution >= 0.6 is 11.8 Å². The Morgan fingerprint density at radius 3 is 2.94 bits per heavy atom. The van der Waals surface area contributed by atoms with Crippen LogP contribution in [0.15, 0.2) is 0 Å². The van der Waals surface area contributed by atoms with E-state index in [9.17, 15) is 4.79 Å². The molecule has 17 heavy (non-hydrogen) atoms. The number of ether oxygens (including phenoxy) is 1. The van der Waals surface area contributed by atoms with Crippen LogP contribution in [0.25, 0.3) is 0 Å². The standard InChI is InChI=1S/C12H21NO3S/c1-9-6-13(7-10(8-14)16-9)12(15)11-4-2-3-5-17-11/h9-11,14H,2-8H2,1H3. The molecule has 0 saturated carbocycles. The molecule has 2 rings (SSSR count). The van der Waals surface area contributed by atoms with E-state index in [0.717, 1.165) is 18.6 Å². The van der Waals surface area contributed by atoms with E-state index in [1.54, 1.807) is 11.8 Å². The van der Waals surface area contributed by atoms with Gasteiger partial charge in [-0.2, -0.15) is 0 Å². The molecule has 0 spiro atoms. The van der Waals surface area contributed by atoms with Crippen molar-refractivity contribution in [3.8, 4) is 0 Å². The fraction of sp³-hybridized carbons (Fsp3) is 0.917. The lowest BCUT2D eigenvalue weighted by atomic mass is 10.1. The second kappa shape index (κ2) is 6.07. The monoisotopic (exact) mass is 259 g/mol. The van der Waals surface area contributed by atoms with Gasteiger partial charge in [-0.1, -0.05) is 6.42 Å². The van der Waals surface area contributed by atoms with Gasteiger partial charge in [0, 0.05) is 13.1 Å². The maximum atomic E-state index is 12.3. The molecule has 0 aromatic heterocycles. The predicted molar refractivity (Wildman–Crippen MR) is 68.1 cm³/mol. The molecule has 0 bridgehead atoms. The van der Waals surface area contributed by atoms with E-state index in [1.165, 1.54) is 6.42 Å². The molecule has 0 aromatic rings. The zero-order valence-corrected chi connectivity index (χ0v) is 11.1. The maximum Gasteiger partial charge on any atom is 0.235 e. The van der Waals surface area contributed by atoms with Crippen molar-refractivity contribution in [1.82, 2.24) is 4.90 Å². The molecule has 2 saturated heterocycles. The Morgan fingerprint density at radius 2 is 2.29 bits per heavy atom. The molecule has 3 unspecified atom stereocenters. The maximum absolute atomic E-state index is 12.3. The van der Waals surface area contributed by atoms with Gasteiger partial charge in [0.05, 0.1) is 24.1 Å². The number of rotatable bonds is 2. The first-order valence-electron chi connectivity index (χ1n) is 6.37. The van der Waals surface area contributed by atoms with Gasteiger partial charge in [0.2, 0.25) is 5.91 Å². The highest BCUT2D eigenvalue weighted by Crippen LogP contribution is 2.27. The van der Waals surface area contributed by atoms with Crippen molar-refractivity contribution < 1.29 is 14.6 Å². The summed E-state index contributed by atoms with van der Waals surface area (Å²) < 4.78 is 5.55. The highest BCUT2D eigenvalue weighted by molar-refractivity contribution is 8.00. The van der Waals surface area contributed by atoms with Gasteiger partial charge in [-0.05, 0) is 25.5 Å². The summed E-state index contributed by atoms with van der Waals surface area (Å²) >= 11 is 1.78. The summed E-state index contributed by atoms with van der Waals surface area (Å²) in [5.41, 5.74) is 0. The largest absolute Gasteiger partial charge is 0.394 e. The third kappa shape index (κ3) is 3.36. The van der Waals surface area contributed by atoms with Crippen molar-refractivity contribution in [2.24, 2.45) is 0 Å². The minimum absolute atomic E-state index is 0.00801. The molecule has 2 fully saturated rings. The summed E-state index contributed by atoms with van der Waals surface area (Å²) in [5, 5.41) is 9.28. The normalized spacial score (nSPS) is 34.7. The summed E-state index contributed by atoms with van der Waals surface area (Å²) in [6, 6.07) is 0. The number of amides is 1. The van der Waals surface area contributed by atoms with Crippen molar-refractivity contribution in [2.75, 3.05) is 25.4 Å². The van der Waals surface area contributed by atoms with Crippen molar-refractivity contribution in [2.45, 2.75) is 43.6 Å². The second-order valence-electron chi connectivity index (χ2n) is 4.85. The molecule has 5 heteroatoms. The Balaban J connectivity index is 1.93. The summed E-state index contributed by atoms with van der Waals surface area (Å²) in [6.45, 7) is 3.14. The minimum atomic E-state index is -0.212. The second-order valence-corrected chi connectivity index (χ2v) is 6.16. The lowest BCUT2D eigenvalue weighted by Gasteiger charge is -2.38. The first kappa shape index (κ1) is 13.2. The summed E-state index contributed by atoms with van der Waals surface area (Å²) in [4.78, 5) is 14.2. The zero-order chi connectivity index (χ0) is 12.3. The molecule has 2 aliphatic heterocycles. The Labute approximate surface area is 107 Å². The van der Waals surface area contributed by atoms with Gasteiger partial charge >= 0.3 is 0 Å². The molecule has 1 amide bonds. The first-order chi connectivity index (χ1) is 8.20. The number of thioether (sulfide) groups is 1. The topological polar surface area (TPSA) is 49.8 Å². The molecule has 4 nitrogen and oxygen atoms in total. The molecule has 1 N–H and O–H groups in total. The number of morpholine rings is 1. The fourth-order valence-corrected chi connectivity index (χ4v) is 3.75. The number of nitrogens with zero attached hydrogens (tertiary/aromatic N) is 1. The third-order valence-electron chi connectivity index (χ3n) is 3.30. The lowest BCUT2D eigenvalue weighted by molar-refractivity contribution is -0.146. The molecule has 3 atom stereocenters. The third-order valence-corrected chi connectivity index (χ3v) is 4.66. The van der Waals surface area contributed by atoms with Crippen LogP contribution in [-0.2, 0) is 9.53 Å². The highest BCUT2D eigenvalue weighted by Gasteiger charge is 2.32. The molecule has 2 heterocycles. The van der Waals surface area contributed by atoms with Crippen molar-refractivity contribution >= 4 is 17.7 Å². The van der Waals surface area contributed by atoms with E-state index in [4.69, 9.17) is 9.84 Å². The Kier molecular flexibility index (Phi) is 4.70. The smallest absolute Gasteiger partial charge is 0.235 e. The molecule has 98 valence electrons. The van der Waals surface area contributed by atoms with E-state index in [-0.39, 0.29) is 30.0 Å². The molecule has 0 aromatic carbocycles. The van der Waals surface area contributed by atoms with Crippen LogP contribution in [0.4, 0.5) is 0 Å². The van der Waals surface area contributed by atoms with E-state index < -0.39 is 0 Å². The number of carbonyl (C=O) groups excluding carboxylic acids is 1. The summed E-state index contributed by atoms with van der Waals surface area (Å²) in [5.74, 6) is 1.34. The van der Waals surface area contributed by atoms with E-state index in [2.05, 4.69) is 0 Å². The number of aliphatic hydroxyl groups is 1. The minimum Gasteiger partial charge on any atom is -0.394 e. The van der Waals surface area contributed by atoms with Gasteiger partial charge in [0.1, 0.15) is 0 Å². The van der Waals surface area contributed by atoms with Gasteiger partial charge < -0.3 is 14.7 Å². The van der Waals surface area contributed by atoms with Crippen LogP contribution in [0.3, 0.4) is 0 Å². The van der Waals surface area contributed by atoms with Gasteiger partial charge in [-0.3, -0.25) is 4.79 Å². The predicted octanol–water partition coefficient (Wildman–Crippen LogP) is 0.880. The lowest BCUT2D eigenvalue weighted by Crippen LogP contribution is -2.52. The Bertz CT molecular complexity index is 268. The van der Waals surface area contributed by atoms with E-state index >= 15 is 0 Å². The molecular formula is C12H21NO3S. The van der Waals surface area contributed by atoms with Gasteiger partial charge in [-0.15, -0.1) is 11.8 Å². The van der Waals surface area contributed by atoms with Crippen LogP contribution < -0.4 is 0 Å². The Hall–Kier alpha value is -0.260. The number of hydrogen-bond donors (Lipinski definition) is 1. The Morgan fingerprint density at radius 1 is 1.47 bits per heavy atom. The van der Waals surface area contributed by atoms with Crippen LogP contribution in [0, 0.1) is 0 Å². The van der Waals surface area contributed by atoms with Gasteiger partial charge in [-0.25, -0.2) is 0 Å². The van der Waals surface area contributed by atoms with Gasteiger partial charge in [0.25, 0.3) is 0 Å². The van der Waals surface area contributed by atoms with Crippen molar-refractivity contribution in [1.29, 1.82) is 0 Å². The quantitative estimate of drug-likeness (QED) is 0.800. The zero-order valence-electron chi connectivity index (χ0n) is 10.3. The SMILES string of the molecule is CC1CN(C(=O)C2CCCCS2)CC(CO)O1. The number of carbonyl (C=O) groups is 1. The van der Waals surface area contributed by atoms with Crippen LogP contribution in [-0.4, -0.2) is 58.8 Å². The highest BCUT2D eigenvalue weighted by atomic mass is 32.2. The molecule has 2 aliphatic rings. The van der Waals surface area contributed by atoms with E-state index in [1.807, 2.05) is 11.8 Å². The van der Waals surface area contributed by atoms with Crippen LogP contribution in [0.2, 0.25) is 0 Å². The molecular weight excluding hydrogens is 238 g/mol. The molecule has 0 aliphatic carbocycles. The van der Waals surface area contributed by atoms with E-state index in [0.29, 0.717) is 13.1 Å². The van der Waals surface area contributed by atoms with Crippen LogP contribution in [0.5, 0.6) is 0 Å².